The third-order valence-corrected chi connectivity index (χ3v) is 3.79. The fourth-order valence-corrected chi connectivity index (χ4v) is 2.87. The zero-order valence-electron chi connectivity index (χ0n) is 10.3. The molecule has 0 aliphatic heterocycles. The van der Waals surface area contributed by atoms with Gasteiger partial charge in [0.1, 0.15) is 0 Å². The molecular formula is C14H19NO3. The lowest BCUT2D eigenvalue weighted by Gasteiger charge is -2.28. The number of carbonyl (C=O) groups excluding carboxylic acids is 1. The number of nitrogens with two attached hydrogens (primary N) is 1. The quantitative estimate of drug-likeness (QED) is 0.718. The highest BCUT2D eigenvalue weighted by Gasteiger charge is 2.29. The smallest absolute Gasteiger partial charge is 0.225 e. The second-order valence-corrected chi connectivity index (χ2v) is 5.03. The van der Waals surface area contributed by atoms with Crippen molar-refractivity contribution >= 4 is 5.91 Å². The van der Waals surface area contributed by atoms with Gasteiger partial charge in [-0.3, -0.25) is 4.79 Å². The van der Waals surface area contributed by atoms with Crippen molar-refractivity contribution in [2.45, 2.75) is 38.0 Å². The van der Waals surface area contributed by atoms with E-state index >= 15 is 0 Å². The first-order valence-corrected chi connectivity index (χ1v) is 6.41. The minimum absolute atomic E-state index is 0.175. The zero-order valence-corrected chi connectivity index (χ0v) is 10.3. The summed E-state index contributed by atoms with van der Waals surface area (Å²) in [5.74, 6) is -0.843. The number of phenols is 2. The number of aromatic hydroxyl groups is 2. The van der Waals surface area contributed by atoms with Gasteiger partial charge in [-0.05, 0) is 36.5 Å². The fourth-order valence-electron chi connectivity index (χ4n) is 2.87. The summed E-state index contributed by atoms with van der Waals surface area (Å²) < 4.78 is 0. The van der Waals surface area contributed by atoms with E-state index in [2.05, 4.69) is 0 Å². The molecule has 4 nitrogen and oxygen atoms in total. The molecular weight excluding hydrogens is 230 g/mol. The first kappa shape index (κ1) is 12.7. The SMILES string of the molecule is NC(=O)[C@@H](c1ccc(O)c(O)c1)C1CCCCC1. The maximum atomic E-state index is 11.7. The number of hydrogen-bond donors (Lipinski definition) is 3. The van der Waals surface area contributed by atoms with Gasteiger partial charge in [0.25, 0.3) is 0 Å². The van der Waals surface area contributed by atoms with Gasteiger partial charge in [-0.15, -0.1) is 0 Å². The largest absolute Gasteiger partial charge is 0.504 e. The minimum atomic E-state index is -0.364. The molecule has 18 heavy (non-hydrogen) atoms. The number of primary amides is 1. The Balaban J connectivity index is 2.28. The standard InChI is InChI=1S/C14H19NO3/c15-14(18)13(9-4-2-1-3-5-9)10-6-7-11(16)12(17)8-10/h6-9,13,16-17H,1-5H2,(H2,15,18)/t13-/m1/s1. The Labute approximate surface area is 106 Å². The normalized spacial score (nSPS) is 18.4. The Bertz CT molecular complexity index is 439. The first-order valence-electron chi connectivity index (χ1n) is 6.41. The lowest BCUT2D eigenvalue weighted by Crippen LogP contribution is -2.29. The van der Waals surface area contributed by atoms with Crippen molar-refractivity contribution in [3.05, 3.63) is 23.8 Å². The maximum absolute atomic E-state index is 11.7. The second kappa shape index (κ2) is 5.29. The fraction of sp³-hybridized carbons (Fsp3) is 0.500. The molecule has 1 amide bonds. The van der Waals surface area contributed by atoms with Crippen molar-refractivity contribution in [3.8, 4) is 11.5 Å². The predicted molar refractivity (Wildman–Crippen MR) is 68.3 cm³/mol. The van der Waals surface area contributed by atoms with Crippen LogP contribution in [-0.2, 0) is 4.79 Å². The topological polar surface area (TPSA) is 83.6 Å². The van der Waals surface area contributed by atoms with Crippen LogP contribution in [-0.4, -0.2) is 16.1 Å². The van der Waals surface area contributed by atoms with Gasteiger partial charge in [0.2, 0.25) is 5.91 Å². The number of amides is 1. The molecule has 0 radical (unpaired) electrons. The average Bonchev–Trinajstić information content (AvgIpc) is 2.35. The van der Waals surface area contributed by atoms with Crippen LogP contribution >= 0.6 is 0 Å². The van der Waals surface area contributed by atoms with E-state index in [4.69, 9.17) is 5.73 Å². The van der Waals surface area contributed by atoms with Gasteiger partial charge in [-0.1, -0.05) is 25.3 Å². The number of carbonyl (C=O) groups is 1. The van der Waals surface area contributed by atoms with Crippen LogP contribution in [0.2, 0.25) is 0 Å². The van der Waals surface area contributed by atoms with E-state index in [0.717, 1.165) is 25.7 Å². The van der Waals surface area contributed by atoms with E-state index < -0.39 is 0 Å². The van der Waals surface area contributed by atoms with Gasteiger partial charge >= 0.3 is 0 Å². The molecule has 1 aromatic carbocycles. The molecule has 0 spiro atoms. The minimum Gasteiger partial charge on any atom is -0.504 e. The monoisotopic (exact) mass is 249 g/mol. The molecule has 4 heteroatoms. The van der Waals surface area contributed by atoms with E-state index in [1.165, 1.54) is 18.6 Å². The van der Waals surface area contributed by atoms with Crippen LogP contribution in [0.25, 0.3) is 0 Å². The molecule has 0 unspecified atom stereocenters. The molecule has 0 aromatic heterocycles. The molecule has 1 saturated carbocycles. The van der Waals surface area contributed by atoms with E-state index in [-0.39, 0.29) is 29.2 Å². The third kappa shape index (κ3) is 2.58. The van der Waals surface area contributed by atoms with E-state index in [1.807, 2.05) is 0 Å². The Morgan fingerprint density at radius 1 is 1.17 bits per heavy atom. The summed E-state index contributed by atoms with van der Waals surface area (Å²) in [5, 5.41) is 18.8. The van der Waals surface area contributed by atoms with Crippen molar-refractivity contribution in [2.75, 3.05) is 0 Å². The molecule has 0 saturated heterocycles. The molecule has 1 fully saturated rings. The highest BCUT2D eigenvalue weighted by atomic mass is 16.3. The van der Waals surface area contributed by atoms with Crippen LogP contribution < -0.4 is 5.73 Å². The van der Waals surface area contributed by atoms with Crippen molar-refractivity contribution < 1.29 is 15.0 Å². The molecule has 1 aliphatic rings. The van der Waals surface area contributed by atoms with Gasteiger partial charge in [0.15, 0.2) is 11.5 Å². The van der Waals surface area contributed by atoms with E-state index in [0.29, 0.717) is 5.56 Å². The summed E-state index contributed by atoms with van der Waals surface area (Å²) in [6.45, 7) is 0. The van der Waals surface area contributed by atoms with Gasteiger partial charge < -0.3 is 15.9 Å². The van der Waals surface area contributed by atoms with Crippen molar-refractivity contribution in [3.63, 3.8) is 0 Å². The van der Waals surface area contributed by atoms with Crippen LogP contribution in [0.3, 0.4) is 0 Å². The number of rotatable bonds is 3. The molecule has 0 heterocycles. The molecule has 1 aromatic rings. The Morgan fingerprint density at radius 3 is 2.39 bits per heavy atom. The van der Waals surface area contributed by atoms with Gasteiger partial charge in [-0.25, -0.2) is 0 Å². The van der Waals surface area contributed by atoms with Crippen LogP contribution in [0.15, 0.2) is 18.2 Å². The van der Waals surface area contributed by atoms with E-state index in [9.17, 15) is 15.0 Å². The molecule has 0 bridgehead atoms. The summed E-state index contributed by atoms with van der Waals surface area (Å²) >= 11 is 0. The Hall–Kier alpha value is -1.71. The Kier molecular flexibility index (Phi) is 3.75. The van der Waals surface area contributed by atoms with Crippen molar-refractivity contribution in [1.82, 2.24) is 0 Å². The predicted octanol–water partition coefficient (Wildman–Crippen LogP) is 2.25. The van der Waals surface area contributed by atoms with Crippen LogP contribution in [0, 0.1) is 5.92 Å². The van der Waals surface area contributed by atoms with Crippen LogP contribution in [0.4, 0.5) is 0 Å². The van der Waals surface area contributed by atoms with Crippen LogP contribution in [0.1, 0.15) is 43.6 Å². The first-order chi connectivity index (χ1) is 8.59. The lowest BCUT2D eigenvalue weighted by atomic mass is 9.76. The van der Waals surface area contributed by atoms with Crippen molar-refractivity contribution in [2.24, 2.45) is 11.7 Å². The molecule has 98 valence electrons. The number of phenolic OH excluding ortho intramolecular Hbond substituents is 2. The lowest BCUT2D eigenvalue weighted by molar-refractivity contribution is -0.120. The van der Waals surface area contributed by atoms with E-state index in [1.54, 1.807) is 6.07 Å². The molecule has 2 rings (SSSR count). The van der Waals surface area contributed by atoms with Crippen molar-refractivity contribution in [1.29, 1.82) is 0 Å². The van der Waals surface area contributed by atoms with Gasteiger partial charge in [0.05, 0.1) is 5.92 Å². The summed E-state index contributed by atoms with van der Waals surface area (Å²) in [7, 11) is 0. The molecule has 1 aliphatic carbocycles. The zero-order chi connectivity index (χ0) is 13.1. The summed E-state index contributed by atoms with van der Waals surface area (Å²) in [5.41, 5.74) is 6.20. The summed E-state index contributed by atoms with van der Waals surface area (Å²) in [6, 6.07) is 4.52. The summed E-state index contributed by atoms with van der Waals surface area (Å²) in [6.07, 6.45) is 5.45. The second-order valence-electron chi connectivity index (χ2n) is 5.03. The average molecular weight is 249 g/mol. The Morgan fingerprint density at radius 2 is 1.83 bits per heavy atom. The third-order valence-electron chi connectivity index (χ3n) is 3.79. The summed E-state index contributed by atoms with van der Waals surface area (Å²) in [4.78, 5) is 11.7. The highest BCUT2D eigenvalue weighted by Crippen LogP contribution is 2.38. The molecule has 4 N–H and O–H groups in total. The number of hydrogen-bond acceptors (Lipinski definition) is 3. The van der Waals surface area contributed by atoms with Gasteiger partial charge in [0, 0.05) is 0 Å². The van der Waals surface area contributed by atoms with Crippen LogP contribution in [0.5, 0.6) is 11.5 Å². The number of benzene rings is 1. The maximum Gasteiger partial charge on any atom is 0.225 e. The van der Waals surface area contributed by atoms with Gasteiger partial charge in [-0.2, -0.15) is 0 Å². The molecule has 1 atom stereocenters. The highest BCUT2D eigenvalue weighted by molar-refractivity contribution is 5.82.